The van der Waals surface area contributed by atoms with Gasteiger partial charge >= 0.3 is 0 Å². The lowest BCUT2D eigenvalue weighted by Crippen LogP contribution is -2.27. The molecular weight excluding hydrogens is 212 g/mol. The topological polar surface area (TPSA) is 38.5 Å². The van der Waals surface area contributed by atoms with Crippen LogP contribution in [-0.2, 0) is 17.8 Å². The number of nitrogens with two attached hydrogens (primary N) is 1. The molecule has 3 nitrogen and oxygen atoms in total. The summed E-state index contributed by atoms with van der Waals surface area (Å²) in [7, 11) is 1.72. The van der Waals surface area contributed by atoms with Gasteiger partial charge in [0.15, 0.2) is 0 Å². The predicted molar refractivity (Wildman–Crippen MR) is 71.7 cm³/mol. The molecule has 0 heterocycles. The Kier molecular flexibility index (Phi) is 6.55. The average molecular weight is 234 g/mol. The lowest BCUT2D eigenvalue weighted by Gasteiger charge is -2.21. The summed E-state index contributed by atoms with van der Waals surface area (Å²) in [6.07, 6.45) is 1.92. The molecule has 0 spiro atoms. The molecule has 3 heteroatoms. The van der Waals surface area contributed by atoms with Crippen molar-refractivity contribution in [3.05, 3.63) is 48.0 Å². The molecular formula is C14H22N2O. The van der Waals surface area contributed by atoms with Crippen molar-refractivity contribution in [2.45, 2.75) is 13.1 Å². The van der Waals surface area contributed by atoms with E-state index in [1.165, 1.54) is 11.1 Å². The van der Waals surface area contributed by atoms with Gasteiger partial charge in [0.1, 0.15) is 0 Å². The fraction of sp³-hybridized carbons (Fsp3) is 0.429. The van der Waals surface area contributed by atoms with E-state index in [9.17, 15) is 0 Å². The lowest BCUT2D eigenvalue weighted by atomic mass is 10.1. The van der Waals surface area contributed by atoms with Crippen molar-refractivity contribution in [3.63, 3.8) is 0 Å². The molecule has 0 aliphatic heterocycles. The van der Waals surface area contributed by atoms with Crippen LogP contribution < -0.4 is 5.73 Å². The van der Waals surface area contributed by atoms with E-state index < -0.39 is 0 Å². The van der Waals surface area contributed by atoms with Crippen LogP contribution in [0.2, 0.25) is 0 Å². The molecule has 0 bridgehead atoms. The third kappa shape index (κ3) is 4.69. The first-order chi connectivity index (χ1) is 8.31. The molecule has 0 aliphatic rings. The standard InChI is InChI=1S/C14H22N2O/c1-3-8-16(9-10-17-2)12-14-7-5-4-6-13(14)11-15/h3-7H,1,8-12,15H2,2H3. The molecule has 0 saturated carbocycles. The van der Waals surface area contributed by atoms with Crippen LogP contribution in [0.15, 0.2) is 36.9 Å². The lowest BCUT2D eigenvalue weighted by molar-refractivity contribution is 0.151. The van der Waals surface area contributed by atoms with Gasteiger partial charge < -0.3 is 10.5 Å². The monoisotopic (exact) mass is 234 g/mol. The minimum absolute atomic E-state index is 0.586. The number of methoxy groups -OCH3 is 1. The molecule has 1 aromatic carbocycles. The molecule has 1 aromatic rings. The number of nitrogens with zero attached hydrogens (tertiary/aromatic N) is 1. The Balaban J connectivity index is 2.66. The third-order valence-electron chi connectivity index (χ3n) is 2.73. The summed E-state index contributed by atoms with van der Waals surface area (Å²) in [5.74, 6) is 0. The minimum Gasteiger partial charge on any atom is -0.383 e. The fourth-order valence-corrected chi connectivity index (χ4v) is 1.79. The molecule has 2 N–H and O–H groups in total. The maximum absolute atomic E-state index is 5.74. The summed E-state index contributed by atoms with van der Waals surface area (Å²) < 4.78 is 5.11. The summed E-state index contributed by atoms with van der Waals surface area (Å²) in [5, 5.41) is 0. The highest BCUT2D eigenvalue weighted by molar-refractivity contribution is 5.26. The zero-order valence-electron chi connectivity index (χ0n) is 10.6. The Labute approximate surface area is 104 Å². The fourth-order valence-electron chi connectivity index (χ4n) is 1.79. The van der Waals surface area contributed by atoms with Crippen LogP contribution in [-0.4, -0.2) is 31.7 Å². The number of hydrogen-bond acceptors (Lipinski definition) is 3. The molecule has 0 fully saturated rings. The van der Waals surface area contributed by atoms with E-state index in [4.69, 9.17) is 10.5 Å². The quantitative estimate of drug-likeness (QED) is 0.697. The Morgan fingerprint density at radius 2 is 2.06 bits per heavy atom. The second-order valence-corrected chi connectivity index (χ2v) is 3.99. The first-order valence-corrected chi connectivity index (χ1v) is 5.90. The number of rotatable bonds is 8. The zero-order chi connectivity index (χ0) is 12.5. The maximum atomic E-state index is 5.74. The van der Waals surface area contributed by atoms with Crippen LogP contribution in [0.5, 0.6) is 0 Å². The van der Waals surface area contributed by atoms with E-state index in [0.29, 0.717) is 6.54 Å². The van der Waals surface area contributed by atoms with E-state index in [-0.39, 0.29) is 0 Å². The molecule has 0 saturated heterocycles. The van der Waals surface area contributed by atoms with E-state index in [2.05, 4.69) is 29.7 Å². The summed E-state index contributed by atoms with van der Waals surface area (Å²) in [5.41, 5.74) is 8.23. The third-order valence-corrected chi connectivity index (χ3v) is 2.73. The van der Waals surface area contributed by atoms with Gasteiger partial charge in [-0.25, -0.2) is 0 Å². The van der Waals surface area contributed by atoms with E-state index in [0.717, 1.165) is 26.2 Å². The summed E-state index contributed by atoms with van der Waals surface area (Å²) in [6, 6.07) is 8.29. The summed E-state index contributed by atoms with van der Waals surface area (Å²) >= 11 is 0. The van der Waals surface area contributed by atoms with Gasteiger partial charge in [-0.2, -0.15) is 0 Å². The van der Waals surface area contributed by atoms with Gasteiger partial charge in [-0.05, 0) is 11.1 Å². The van der Waals surface area contributed by atoms with E-state index >= 15 is 0 Å². The molecule has 0 atom stereocenters. The summed E-state index contributed by atoms with van der Waals surface area (Å²) in [4.78, 5) is 2.30. The second kappa shape index (κ2) is 8.01. The van der Waals surface area contributed by atoms with Gasteiger partial charge in [0.25, 0.3) is 0 Å². The first-order valence-electron chi connectivity index (χ1n) is 5.90. The van der Waals surface area contributed by atoms with Gasteiger partial charge in [-0.1, -0.05) is 30.3 Å². The number of ether oxygens (including phenoxy) is 1. The zero-order valence-corrected chi connectivity index (χ0v) is 10.6. The van der Waals surface area contributed by atoms with Crippen molar-refractivity contribution in [2.75, 3.05) is 26.8 Å². The molecule has 0 aromatic heterocycles. The molecule has 17 heavy (non-hydrogen) atoms. The van der Waals surface area contributed by atoms with Crippen LogP contribution in [0.3, 0.4) is 0 Å². The van der Waals surface area contributed by atoms with Crippen LogP contribution in [0.25, 0.3) is 0 Å². The first kappa shape index (κ1) is 13.9. The van der Waals surface area contributed by atoms with Crippen molar-refractivity contribution < 1.29 is 4.74 Å². The highest BCUT2D eigenvalue weighted by Gasteiger charge is 2.06. The summed E-state index contributed by atoms with van der Waals surface area (Å²) in [6.45, 7) is 7.77. The van der Waals surface area contributed by atoms with Crippen molar-refractivity contribution in [3.8, 4) is 0 Å². The molecule has 94 valence electrons. The predicted octanol–water partition coefficient (Wildman–Crippen LogP) is 1.78. The van der Waals surface area contributed by atoms with Gasteiger partial charge in [0, 0.05) is 33.3 Å². The van der Waals surface area contributed by atoms with Crippen molar-refractivity contribution in [2.24, 2.45) is 5.73 Å². The molecule has 0 radical (unpaired) electrons. The maximum Gasteiger partial charge on any atom is 0.0589 e. The van der Waals surface area contributed by atoms with Gasteiger partial charge in [-0.15, -0.1) is 6.58 Å². The van der Waals surface area contributed by atoms with Crippen molar-refractivity contribution in [1.82, 2.24) is 4.90 Å². The molecule has 0 unspecified atom stereocenters. The van der Waals surface area contributed by atoms with E-state index in [1.54, 1.807) is 7.11 Å². The van der Waals surface area contributed by atoms with Crippen molar-refractivity contribution >= 4 is 0 Å². The van der Waals surface area contributed by atoms with Crippen LogP contribution in [0.1, 0.15) is 11.1 Å². The normalized spacial score (nSPS) is 10.8. The van der Waals surface area contributed by atoms with E-state index in [1.807, 2.05) is 12.1 Å². The molecule has 1 rings (SSSR count). The highest BCUT2D eigenvalue weighted by Crippen LogP contribution is 2.11. The Hall–Kier alpha value is -1.16. The van der Waals surface area contributed by atoms with Crippen molar-refractivity contribution in [1.29, 1.82) is 0 Å². The SMILES string of the molecule is C=CCN(CCOC)Cc1ccccc1CN. The minimum atomic E-state index is 0.586. The highest BCUT2D eigenvalue weighted by atomic mass is 16.5. The van der Waals surface area contributed by atoms with Gasteiger partial charge in [0.2, 0.25) is 0 Å². The number of benzene rings is 1. The van der Waals surface area contributed by atoms with Gasteiger partial charge in [0.05, 0.1) is 6.61 Å². The smallest absolute Gasteiger partial charge is 0.0589 e. The molecule has 0 amide bonds. The second-order valence-electron chi connectivity index (χ2n) is 3.99. The Morgan fingerprint density at radius 3 is 2.65 bits per heavy atom. The van der Waals surface area contributed by atoms with Crippen LogP contribution >= 0.6 is 0 Å². The van der Waals surface area contributed by atoms with Gasteiger partial charge in [-0.3, -0.25) is 4.90 Å². The Bertz CT molecular complexity index is 339. The largest absolute Gasteiger partial charge is 0.383 e. The number of hydrogen-bond donors (Lipinski definition) is 1. The molecule has 0 aliphatic carbocycles. The average Bonchev–Trinajstić information content (AvgIpc) is 2.37. The van der Waals surface area contributed by atoms with Crippen LogP contribution in [0.4, 0.5) is 0 Å². The Morgan fingerprint density at radius 1 is 1.35 bits per heavy atom. The van der Waals surface area contributed by atoms with Crippen LogP contribution in [0, 0.1) is 0 Å².